The van der Waals surface area contributed by atoms with E-state index in [4.69, 9.17) is 11.6 Å². The number of rotatable bonds is 6. The molecule has 0 aliphatic carbocycles. The molecular formula is C19H20ClN3O3. The third-order valence-corrected chi connectivity index (χ3v) is 3.97. The summed E-state index contributed by atoms with van der Waals surface area (Å²) in [5, 5.41) is 16.7. The van der Waals surface area contributed by atoms with Crippen LogP contribution in [0.15, 0.2) is 41.5 Å². The fraction of sp³-hybridized carbons (Fsp3) is 0.211. The number of hydrogen-bond donors (Lipinski definition) is 3. The molecule has 0 aliphatic rings. The van der Waals surface area contributed by atoms with E-state index in [1.165, 1.54) is 6.21 Å². The molecule has 0 atom stereocenters. The molecule has 0 saturated heterocycles. The number of phenolic OH excluding ortho intramolecular Hbond substituents is 1. The van der Waals surface area contributed by atoms with Crippen LogP contribution in [0, 0.1) is 13.8 Å². The zero-order valence-corrected chi connectivity index (χ0v) is 15.3. The summed E-state index contributed by atoms with van der Waals surface area (Å²) in [6.45, 7) is 3.58. The minimum Gasteiger partial charge on any atom is -0.507 e. The number of hydrogen-bond acceptors (Lipinski definition) is 4. The number of halogens is 1. The topological polar surface area (TPSA) is 90.8 Å². The average molecular weight is 374 g/mol. The number of aryl methyl sites for hydroxylation is 2. The van der Waals surface area contributed by atoms with Crippen LogP contribution in [0.3, 0.4) is 0 Å². The number of carbonyl (C=O) groups excluding carboxylic acids is 2. The Hall–Kier alpha value is -2.86. The van der Waals surface area contributed by atoms with E-state index in [1.807, 2.05) is 0 Å². The first-order valence-electron chi connectivity index (χ1n) is 8.03. The summed E-state index contributed by atoms with van der Waals surface area (Å²) in [5.41, 5.74) is 5.11. The lowest BCUT2D eigenvalue weighted by molar-refractivity contribution is -0.124. The molecule has 2 amide bonds. The lowest BCUT2D eigenvalue weighted by Crippen LogP contribution is -2.20. The molecule has 6 nitrogen and oxygen atoms in total. The van der Waals surface area contributed by atoms with Crippen molar-refractivity contribution in [2.75, 3.05) is 5.32 Å². The van der Waals surface area contributed by atoms with Gasteiger partial charge in [-0.2, -0.15) is 5.10 Å². The molecule has 0 saturated carbocycles. The highest BCUT2D eigenvalue weighted by molar-refractivity contribution is 6.33. The second kappa shape index (κ2) is 9.01. The Labute approximate surface area is 156 Å². The monoisotopic (exact) mass is 373 g/mol. The molecule has 2 aromatic rings. The van der Waals surface area contributed by atoms with Gasteiger partial charge in [-0.05, 0) is 54.8 Å². The Balaban J connectivity index is 1.80. The number of benzene rings is 2. The van der Waals surface area contributed by atoms with Crippen molar-refractivity contribution in [2.45, 2.75) is 26.7 Å². The van der Waals surface area contributed by atoms with E-state index in [9.17, 15) is 14.7 Å². The number of nitrogens with zero attached hydrogens (tertiary/aromatic N) is 1. The van der Waals surface area contributed by atoms with Crippen LogP contribution in [0.25, 0.3) is 0 Å². The van der Waals surface area contributed by atoms with Gasteiger partial charge < -0.3 is 10.4 Å². The minimum atomic E-state index is -0.372. The molecule has 0 aromatic heterocycles. The van der Waals surface area contributed by atoms with E-state index in [2.05, 4.69) is 15.8 Å². The van der Waals surface area contributed by atoms with E-state index in [-0.39, 0.29) is 30.4 Å². The summed E-state index contributed by atoms with van der Waals surface area (Å²) in [6, 6.07) is 10.4. The van der Waals surface area contributed by atoms with Crippen molar-refractivity contribution >= 4 is 35.3 Å². The molecule has 0 aliphatic heterocycles. The Kier molecular flexibility index (Phi) is 6.74. The predicted molar refractivity (Wildman–Crippen MR) is 103 cm³/mol. The quantitative estimate of drug-likeness (QED) is 0.534. The Bertz CT molecular complexity index is 827. The highest BCUT2D eigenvalue weighted by Crippen LogP contribution is 2.22. The summed E-state index contributed by atoms with van der Waals surface area (Å²) < 4.78 is 0. The summed E-state index contributed by atoms with van der Waals surface area (Å²) in [6.07, 6.45) is 1.51. The molecule has 26 heavy (non-hydrogen) atoms. The van der Waals surface area contributed by atoms with Crippen LogP contribution < -0.4 is 10.7 Å². The van der Waals surface area contributed by atoms with Crippen molar-refractivity contribution in [1.82, 2.24) is 5.43 Å². The number of amides is 2. The van der Waals surface area contributed by atoms with Gasteiger partial charge >= 0.3 is 0 Å². The normalized spacial score (nSPS) is 10.7. The molecule has 0 radical (unpaired) electrons. The third kappa shape index (κ3) is 5.60. The molecule has 0 unspecified atom stereocenters. The molecule has 7 heteroatoms. The van der Waals surface area contributed by atoms with Crippen LogP contribution >= 0.6 is 11.6 Å². The standard InChI is InChI=1S/C19H20ClN3O3/c1-12-9-14(10-13(2)19(12)26)11-21-23-18(25)8-7-17(24)22-16-6-4-3-5-15(16)20/h3-6,9-11,26H,7-8H2,1-2H3,(H,22,24)(H,23,25). The fourth-order valence-electron chi connectivity index (χ4n) is 2.30. The van der Waals surface area contributed by atoms with Gasteiger partial charge in [0.05, 0.1) is 16.9 Å². The number of aromatic hydroxyl groups is 1. The van der Waals surface area contributed by atoms with Crippen molar-refractivity contribution in [3.63, 3.8) is 0 Å². The van der Waals surface area contributed by atoms with Gasteiger partial charge in [-0.25, -0.2) is 5.43 Å². The summed E-state index contributed by atoms with van der Waals surface area (Å²) in [5.74, 6) is -0.430. The molecular weight excluding hydrogens is 354 g/mol. The van der Waals surface area contributed by atoms with Crippen LogP contribution in [0.1, 0.15) is 29.5 Å². The SMILES string of the molecule is Cc1cc(C=NNC(=O)CCC(=O)Nc2ccccc2Cl)cc(C)c1O. The van der Waals surface area contributed by atoms with Crippen LogP contribution in [-0.2, 0) is 9.59 Å². The van der Waals surface area contributed by atoms with Crippen LogP contribution in [-0.4, -0.2) is 23.1 Å². The van der Waals surface area contributed by atoms with E-state index in [0.717, 1.165) is 16.7 Å². The summed E-state index contributed by atoms with van der Waals surface area (Å²) in [7, 11) is 0. The maximum absolute atomic E-state index is 11.9. The second-order valence-electron chi connectivity index (χ2n) is 5.82. The van der Waals surface area contributed by atoms with E-state index >= 15 is 0 Å². The smallest absolute Gasteiger partial charge is 0.240 e. The van der Waals surface area contributed by atoms with Gasteiger partial charge in [-0.15, -0.1) is 0 Å². The van der Waals surface area contributed by atoms with Gasteiger partial charge in [0.1, 0.15) is 5.75 Å². The van der Waals surface area contributed by atoms with Crippen molar-refractivity contribution in [2.24, 2.45) is 5.10 Å². The first kappa shape index (κ1) is 19.5. The van der Waals surface area contributed by atoms with E-state index < -0.39 is 0 Å². The predicted octanol–water partition coefficient (Wildman–Crippen LogP) is 3.53. The Morgan fingerprint density at radius 3 is 2.38 bits per heavy atom. The largest absolute Gasteiger partial charge is 0.507 e. The molecule has 136 valence electrons. The number of nitrogens with one attached hydrogen (secondary N) is 2. The van der Waals surface area contributed by atoms with E-state index in [1.54, 1.807) is 50.2 Å². The average Bonchev–Trinajstić information content (AvgIpc) is 2.60. The number of phenols is 1. The highest BCUT2D eigenvalue weighted by atomic mass is 35.5. The zero-order valence-electron chi connectivity index (χ0n) is 14.5. The fourth-order valence-corrected chi connectivity index (χ4v) is 2.48. The van der Waals surface area contributed by atoms with Crippen LogP contribution in [0.5, 0.6) is 5.75 Å². The molecule has 0 bridgehead atoms. The number of hydrazone groups is 1. The van der Waals surface area contributed by atoms with Crippen LogP contribution in [0.4, 0.5) is 5.69 Å². The molecule has 2 aromatic carbocycles. The first-order valence-corrected chi connectivity index (χ1v) is 8.41. The molecule has 2 rings (SSSR count). The summed E-state index contributed by atoms with van der Waals surface area (Å²) >= 11 is 5.96. The lowest BCUT2D eigenvalue weighted by atomic mass is 10.1. The van der Waals surface area contributed by atoms with Gasteiger partial charge in [0.15, 0.2) is 0 Å². The summed E-state index contributed by atoms with van der Waals surface area (Å²) in [4.78, 5) is 23.6. The minimum absolute atomic E-state index is 0.00125. The maximum atomic E-state index is 11.9. The van der Waals surface area contributed by atoms with Gasteiger partial charge in [0.25, 0.3) is 0 Å². The molecule has 0 heterocycles. The Morgan fingerprint density at radius 2 is 1.73 bits per heavy atom. The number of carbonyl (C=O) groups is 2. The van der Waals surface area contributed by atoms with Gasteiger partial charge in [0, 0.05) is 12.8 Å². The molecule has 3 N–H and O–H groups in total. The van der Waals surface area contributed by atoms with Crippen molar-refractivity contribution < 1.29 is 14.7 Å². The van der Waals surface area contributed by atoms with Crippen LogP contribution in [0.2, 0.25) is 5.02 Å². The van der Waals surface area contributed by atoms with Crippen molar-refractivity contribution in [3.8, 4) is 5.75 Å². The lowest BCUT2D eigenvalue weighted by Gasteiger charge is -2.06. The van der Waals surface area contributed by atoms with Gasteiger partial charge in [-0.3, -0.25) is 9.59 Å². The van der Waals surface area contributed by atoms with Gasteiger partial charge in [0.2, 0.25) is 11.8 Å². The Morgan fingerprint density at radius 1 is 1.12 bits per heavy atom. The number of anilines is 1. The maximum Gasteiger partial charge on any atom is 0.240 e. The van der Waals surface area contributed by atoms with Crippen molar-refractivity contribution in [3.05, 3.63) is 58.1 Å². The van der Waals surface area contributed by atoms with Gasteiger partial charge in [-0.1, -0.05) is 23.7 Å². The third-order valence-electron chi connectivity index (χ3n) is 3.64. The zero-order chi connectivity index (χ0) is 19.1. The second-order valence-corrected chi connectivity index (χ2v) is 6.23. The van der Waals surface area contributed by atoms with E-state index in [0.29, 0.717) is 10.7 Å². The molecule has 0 spiro atoms. The molecule has 0 fully saturated rings. The number of para-hydroxylation sites is 1. The first-order chi connectivity index (χ1) is 12.4. The van der Waals surface area contributed by atoms with Crippen molar-refractivity contribution in [1.29, 1.82) is 0 Å². The highest BCUT2D eigenvalue weighted by Gasteiger charge is 2.08.